The van der Waals surface area contributed by atoms with E-state index < -0.39 is 0 Å². The first-order valence-corrected chi connectivity index (χ1v) is 7.85. The van der Waals surface area contributed by atoms with Gasteiger partial charge < -0.3 is 5.32 Å². The molecule has 1 atom stereocenters. The van der Waals surface area contributed by atoms with Crippen LogP contribution in [0.2, 0.25) is 0 Å². The van der Waals surface area contributed by atoms with Gasteiger partial charge in [-0.15, -0.1) is 0 Å². The van der Waals surface area contributed by atoms with Crippen LogP contribution in [-0.4, -0.2) is 40.9 Å². The Morgan fingerprint density at radius 2 is 2.05 bits per heavy atom. The number of piperidine rings is 1. The summed E-state index contributed by atoms with van der Waals surface area (Å²) in [6, 6.07) is 13.1. The van der Waals surface area contributed by atoms with Crippen LogP contribution in [0, 0.1) is 0 Å². The molecule has 0 bridgehead atoms. The zero-order valence-corrected chi connectivity index (χ0v) is 12.7. The average Bonchev–Trinajstić information content (AvgIpc) is 2.99. The Hall–Kier alpha value is -1.65. The Kier molecular flexibility index (Phi) is 4.68. The number of rotatable bonds is 5. The lowest BCUT2D eigenvalue weighted by atomic mass is 10.0. The first kappa shape index (κ1) is 14.3. The Morgan fingerprint density at radius 1 is 1.19 bits per heavy atom. The van der Waals surface area contributed by atoms with Crippen molar-refractivity contribution in [3.8, 4) is 5.69 Å². The van der Waals surface area contributed by atoms with Gasteiger partial charge in [0.2, 0.25) is 0 Å². The van der Waals surface area contributed by atoms with Gasteiger partial charge in [-0.25, -0.2) is 4.68 Å². The predicted octanol–water partition coefficient (Wildman–Crippen LogP) is 2.45. The number of likely N-dealkylation sites (N-methyl/N-ethyl adjacent to an activating group) is 1. The van der Waals surface area contributed by atoms with Gasteiger partial charge >= 0.3 is 0 Å². The van der Waals surface area contributed by atoms with E-state index in [4.69, 9.17) is 5.10 Å². The van der Waals surface area contributed by atoms with E-state index in [2.05, 4.69) is 34.6 Å². The molecule has 2 heterocycles. The monoisotopic (exact) mass is 284 g/mol. The average molecular weight is 284 g/mol. The molecule has 1 saturated heterocycles. The maximum atomic E-state index is 4.72. The molecule has 1 aromatic heterocycles. The van der Waals surface area contributed by atoms with Crippen molar-refractivity contribution in [1.82, 2.24) is 20.0 Å². The maximum absolute atomic E-state index is 4.72. The standard InChI is InChI=1S/C17H24N4/c1-18-13-17-9-5-6-11-20(17)14-15-10-12-21(19-15)16-7-3-2-4-8-16/h2-4,7-8,10,12,17-18H,5-6,9,11,13-14H2,1H3. The van der Waals surface area contributed by atoms with Gasteiger partial charge in [0.15, 0.2) is 0 Å². The van der Waals surface area contributed by atoms with E-state index in [0.29, 0.717) is 6.04 Å². The molecule has 3 rings (SSSR count). The van der Waals surface area contributed by atoms with E-state index in [1.165, 1.54) is 25.8 Å². The maximum Gasteiger partial charge on any atom is 0.0769 e. The van der Waals surface area contributed by atoms with Crippen molar-refractivity contribution in [3.05, 3.63) is 48.3 Å². The van der Waals surface area contributed by atoms with E-state index in [-0.39, 0.29) is 0 Å². The second-order valence-electron chi connectivity index (χ2n) is 5.76. The molecule has 2 aromatic rings. The number of likely N-dealkylation sites (tertiary alicyclic amines) is 1. The van der Waals surface area contributed by atoms with Crippen LogP contribution in [0.5, 0.6) is 0 Å². The fourth-order valence-corrected chi connectivity index (χ4v) is 3.11. The van der Waals surface area contributed by atoms with Crippen LogP contribution in [0.4, 0.5) is 0 Å². The van der Waals surface area contributed by atoms with Crippen LogP contribution in [0.1, 0.15) is 25.0 Å². The smallest absolute Gasteiger partial charge is 0.0769 e. The highest BCUT2D eigenvalue weighted by molar-refractivity contribution is 5.30. The molecule has 0 saturated carbocycles. The van der Waals surface area contributed by atoms with E-state index in [1.807, 2.05) is 29.9 Å². The number of benzene rings is 1. The van der Waals surface area contributed by atoms with Crippen LogP contribution < -0.4 is 5.32 Å². The van der Waals surface area contributed by atoms with E-state index in [9.17, 15) is 0 Å². The van der Waals surface area contributed by atoms with Gasteiger partial charge in [-0.3, -0.25) is 4.90 Å². The highest BCUT2D eigenvalue weighted by Crippen LogP contribution is 2.19. The van der Waals surface area contributed by atoms with Crippen molar-refractivity contribution >= 4 is 0 Å². The molecule has 0 aliphatic carbocycles. The van der Waals surface area contributed by atoms with Gasteiger partial charge in [0.1, 0.15) is 0 Å². The summed E-state index contributed by atoms with van der Waals surface area (Å²) in [5, 5.41) is 8.04. The normalized spacial score (nSPS) is 19.8. The fourth-order valence-electron chi connectivity index (χ4n) is 3.11. The van der Waals surface area contributed by atoms with Crippen molar-refractivity contribution in [2.24, 2.45) is 0 Å². The van der Waals surface area contributed by atoms with Gasteiger partial charge in [0.05, 0.1) is 11.4 Å². The lowest BCUT2D eigenvalue weighted by Crippen LogP contribution is -2.44. The lowest BCUT2D eigenvalue weighted by Gasteiger charge is -2.35. The minimum Gasteiger partial charge on any atom is -0.318 e. The van der Waals surface area contributed by atoms with Gasteiger partial charge in [-0.05, 0) is 44.6 Å². The summed E-state index contributed by atoms with van der Waals surface area (Å²) in [6.07, 6.45) is 6.00. The Balaban J connectivity index is 1.69. The van der Waals surface area contributed by atoms with E-state index >= 15 is 0 Å². The fraction of sp³-hybridized carbons (Fsp3) is 0.471. The molecule has 0 radical (unpaired) electrons. The van der Waals surface area contributed by atoms with Crippen LogP contribution in [0.3, 0.4) is 0 Å². The van der Waals surface area contributed by atoms with Crippen molar-refractivity contribution in [3.63, 3.8) is 0 Å². The van der Waals surface area contributed by atoms with Gasteiger partial charge in [-0.1, -0.05) is 24.6 Å². The molecule has 0 spiro atoms. The van der Waals surface area contributed by atoms with E-state index in [1.54, 1.807) is 0 Å². The predicted molar refractivity (Wildman–Crippen MR) is 85.5 cm³/mol. The molecule has 1 N–H and O–H groups in total. The summed E-state index contributed by atoms with van der Waals surface area (Å²) >= 11 is 0. The molecular formula is C17H24N4. The molecule has 1 aromatic carbocycles. The molecule has 1 fully saturated rings. The number of para-hydroxylation sites is 1. The molecule has 21 heavy (non-hydrogen) atoms. The first-order chi connectivity index (χ1) is 10.4. The minimum atomic E-state index is 0.644. The zero-order valence-electron chi connectivity index (χ0n) is 12.7. The lowest BCUT2D eigenvalue weighted by molar-refractivity contribution is 0.137. The molecule has 4 heteroatoms. The highest BCUT2D eigenvalue weighted by Gasteiger charge is 2.22. The van der Waals surface area contributed by atoms with Gasteiger partial charge in [0.25, 0.3) is 0 Å². The second-order valence-corrected chi connectivity index (χ2v) is 5.76. The molecule has 1 unspecified atom stereocenters. The highest BCUT2D eigenvalue weighted by atomic mass is 15.3. The van der Waals surface area contributed by atoms with Crippen molar-refractivity contribution in [2.45, 2.75) is 31.8 Å². The molecule has 4 nitrogen and oxygen atoms in total. The summed E-state index contributed by atoms with van der Waals surface area (Å²) in [5.41, 5.74) is 2.27. The van der Waals surface area contributed by atoms with Crippen LogP contribution in [-0.2, 0) is 6.54 Å². The van der Waals surface area contributed by atoms with Gasteiger partial charge in [-0.2, -0.15) is 5.10 Å². The number of nitrogens with zero attached hydrogens (tertiary/aromatic N) is 3. The largest absolute Gasteiger partial charge is 0.318 e. The number of aromatic nitrogens is 2. The molecular weight excluding hydrogens is 260 g/mol. The van der Waals surface area contributed by atoms with Crippen molar-refractivity contribution in [1.29, 1.82) is 0 Å². The quantitative estimate of drug-likeness (QED) is 0.915. The summed E-state index contributed by atoms with van der Waals surface area (Å²) in [6.45, 7) is 3.20. The molecule has 1 aliphatic rings. The van der Waals surface area contributed by atoms with Gasteiger partial charge in [0, 0.05) is 25.3 Å². The molecule has 1 aliphatic heterocycles. The topological polar surface area (TPSA) is 33.1 Å². The van der Waals surface area contributed by atoms with Crippen LogP contribution >= 0.6 is 0 Å². The summed E-state index contributed by atoms with van der Waals surface area (Å²) < 4.78 is 1.96. The van der Waals surface area contributed by atoms with Crippen LogP contribution in [0.25, 0.3) is 5.69 Å². The number of hydrogen-bond acceptors (Lipinski definition) is 3. The van der Waals surface area contributed by atoms with Crippen molar-refractivity contribution < 1.29 is 0 Å². The molecule has 112 valence electrons. The third kappa shape index (κ3) is 3.52. The Labute approximate surface area is 126 Å². The Morgan fingerprint density at radius 3 is 2.86 bits per heavy atom. The Bertz CT molecular complexity index is 547. The minimum absolute atomic E-state index is 0.644. The third-order valence-electron chi connectivity index (χ3n) is 4.22. The summed E-state index contributed by atoms with van der Waals surface area (Å²) in [4.78, 5) is 2.57. The zero-order chi connectivity index (χ0) is 14.5. The first-order valence-electron chi connectivity index (χ1n) is 7.85. The summed E-state index contributed by atoms with van der Waals surface area (Å²) in [7, 11) is 2.04. The second kappa shape index (κ2) is 6.87. The molecule has 0 amide bonds. The SMILES string of the molecule is CNCC1CCCCN1Cc1ccn(-c2ccccc2)n1. The third-order valence-corrected chi connectivity index (χ3v) is 4.22. The van der Waals surface area contributed by atoms with E-state index in [0.717, 1.165) is 24.5 Å². The van der Waals surface area contributed by atoms with Crippen molar-refractivity contribution in [2.75, 3.05) is 20.1 Å². The number of hydrogen-bond donors (Lipinski definition) is 1. The summed E-state index contributed by atoms with van der Waals surface area (Å²) in [5.74, 6) is 0. The van der Waals surface area contributed by atoms with Crippen LogP contribution in [0.15, 0.2) is 42.6 Å². The number of nitrogens with one attached hydrogen (secondary N) is 1.